The minimum Gasteiger partial charge on any atom is -0.438 e. The minimum absolute atomic E-state index is 0. The Balaban J connectivity index is 0.00000169. The number of anilines is 4. The molecule has 0 radical (unpaired) electrons. The second-order valence-electron chi connectivity index (χ2n) is 8.27. The molecule has 184 valence electrons. The van der Waals surface area contributed by atoms with E-state index in [1.807, 2.05) is 12.1 Å². The van der Waals surface area contributed by atoms with Crippen LogP contribution in [0.2, 0.25) is 0 Å². The monoisotopic (exact) mass is 476 g/mol. The average molecular weight is 477 g/mol. The highest BCUT2D eigenvalue weighted by Crippen LogP contribution is 2.29. The van der Waals surface area contributed by atoms with Crippen molar-refractivity contribution in [2.45, 2.75) is 0 Å². The third kappa shape index (κ3) is 5.22. The number of amides is 1. The molecule has 0 bridgehead atoms. The van der Waals surface area contributed by atoms with Gasteiger partial charge in [0.1, 0.15) is 11.1 Å². The van der Waals surface area contributed by atoms with Crippen LogP contribution in [0.4, 0.5) is 23.0 Å². The molecule has 10 heteroatoms. The number of aromatic amines is 1. The van der Waals surface area contributed by atoms with Gasteiger partial charge in [-0.2, -0.15) is 15.1 Å². The predicted molar refractivity (Wildman–Crippen MR) is 143 cm³/mol. The summed E-state index contributed by atoms with van der Waals surface area (Å²) in [7, 11) is 2.15. The van der Waals surface area contributed by atoms with Crippen molar-refractivity contribution in [2.75, 3.05) is 48.8 Å². The summed E-state index contributed by atoms with van der Waals surface area (Å²) in [5, 5.41) is 13.6. The lowest BCUT2D eigenvalue weighted by atomic mass is 10.2. The Hall–Kier alpha value is -4.44. The van der Waals surface area contributed by atoms with Crippen LogP contribution < -0.4 is 20.3 Å². The molecule has 0 spiro atoms. The van der Waals surface area contributed by atoms with Gasteiger partial charge in [-0.05, 0) is 61.7 Å². The lowest BCUT2D eigenvalue weighted by Gasteiger charge is -2.34. The molecule has 2 aromatic heterocycles. The summed E-state index contributed by atoms with van der Waals surface area (Å²) in [6.07, 6.45) is 2.84. The number of benzene rings is 2. The van der Waals surface area contributed by atoms with E-state index in [4.69, 9.17) is 4.74 Å². The molecule has 5 rings (SSSR count). The van der Waals surface area contributed by atoms with E-state index < -0.39 is 0 Å². The molecule has 0 atom stereocenters. The molecule has 0 aliphatic carbocycles. The molecule has 4 aromatic rings. The van der Waals surface area contributed by atoms with Gasteiger partial charge in [0.25, 0.3) is 0 Å². The number of ether oxygens (including phenoxy) is 1. The van der Waals surface area contributed by atoms with Gasteiger partial charge >= 0.3 is 0 Å². The highest BCUT2D eigenvalue weighted by molar-refractivity contribution is 5.98. The van der Waals surface area contributed by atoms with Gasteiger partial charge in [-0.3, -0.25) is 9.89 Å². The number of piperazine rings is 1. The van der Waals surface area contributed by atoms with Crippen LogP contribution in [-0.2, 0) is 4.79 Å². The van der Waals surface area contributed by atoms with Crippen LogP contribution in [0.15, 0.2) is 67.4 Å². The lowest BCUT2D eigenvalue weighted by molar-refractivity contribution is -0.111. The van der Waals surface area contributed by atoms with Crippen LogP contribution in [0.25, 0.3) is 11.0 Å². The molecule has 1 fully saturated rings. The SMILES string of the molecule is C=CC(=O)Nc1ccc(Oc2nc(Nc3ccc(N4CCN(C)CC4)cc3)nc3[nH]ncc23)cc1.[HH].[HH].[HH]. The molecule has 3 heterocycles. The first-order valence-corrected chi connectivity index (χ1v) is 11.3. The maximum atomic E-state index is 11.5. The number of rotatable bonds is 7. The van der Waals surface area contributed by atoms with Gasteiger partial charge in [0.05, 0.1) is 6.20 Å². The molecule has 1 aliphatic rings. The molecule has 0 unspecified atom stereocenters. The van der Waals surface area contributed by atoms with Gasteiger partial charge in [-0.25, -0.2) is 0 Å². The van der Waals surface area contributed by atoms with Gasteiger partial charge in [0.15, 0.2) is 5.65 Å². The van der Waals surface area contributed by atoms with E-state index in [2.05, 4.69) is 66.4 Å². The number of hydrogen-bond acceptors (Lipinski definition) is 8. The van der Waals surface area contributed by atoms with Gasteiger partial charge in [0, 0.05) is 47.5 Å². The van der Waals surface area contributed by atoms with Crippen LogP contribution in [0.1, 0.15) is 4.28 Å². The summed E-state index contributed by atoms with van der Waals surface area (Å²) in [6, 6.07) is 15.2. The molecule has 0 saturated carbocycles. The van der Waals surface area contributed by atoms with Crippen molar-refractivity contribution < 1.29 is 13.8 Å². The molecular weight excluding hydrogens is 444 g/mol. The Morgan fingerprint density at radius 2 is 1.77 bits per heavy atom. The van der Waals surface area contributed by atoms with Crippen LogP contribution >= 0.6 is 0 Å². The van der Waals surface area contributed by atoms with E-state index in [0.717, 1.165) is 31.9 Å². The Morgan fingerprint density at radius 1 is 1.06 bits per heavy atom. The maximum absolute atomic E-state index is 11.5. The summed E-state index contributed by atoms with van der Waals surface area (Å²) < 4.78 is 6.03. The van der Waals surface area contributed by atoms with Gasteiger partial charge in [0.2, 0.25) is 17.7 Å². The van der Waals surface area contributed by atoms with Crippen molar-refractivity contribution in [3.63, 3.8) is 0 Å². The summed E-state index contributed by atoms with van der Waals surface area (Å²) in [5.41, 5.74) is 3.27. The first-order valence-electron chi connectivity index (χ1n) is 11.3. The van der Waals surface area contributed by atoms with Crippen molar-refractivity contribution in [1.82, 2.24) is 25.1 Å². The van der Waals surface area contributed by atoms with E-state index >= 15 is 0 Å². The largest absolute Gasteiger partial charge is 0.438 e. The summed E-state index contributed by atoms with van der Waals surface area (Å²) in [5.74, 6) is 1.04. The van der Waals surface area contributed by atoms with E-state index in [9.17, 15) is 4.79 Å². The van der Waals surface area contributed by atoms with Crippen molar-refractivity contribution in [2.24, 2.45) is 0 Å². The number of aromatic nitrogens is 4. The topological polar surface area (TPSA) is 111 Å². The average Bonchev–Trinajstić information content (AvgIpc) is 3.35. The smallest absolute Gasteiger partial charge is 0.247 e. The summed E-state index contributed by atoms with van der Waals surface area (Å²) >= 11 is 0. The fourth-order valence-electron chi connectivity index (χ4n) is 3.80. The Morgan fingerprint density at radius 3 is 2.49 bits per heavy atom. The maximum Gasteiger partial charge on any atom is 0.247 e. The molecular formula is C25H32N8O2. The predicted octanol–water partition coefficient (Wildman–Crippen LogP) is 4.50. The normalized spacial score (nSPS) is 14.0. The minimum atomic E-state index is -0.276. The fourth-order valence-corrected chi connectivity index (χ4v) is 3.80. The van der Waals surface area contributed by atoms with Gasteiger partial charge in [-0.1, -0.05) is 6.58 Å². The Bertz CT molecular complexity index is 1340. The highest BCUT2D eigenvalue weighted by Gasteiger charge is 2.15. The second kappa shape index (κ2) is 9.82. The number of nitrogens with one attached hydrogen (secondary N) is 3. The van der Waals surface area contributed by atoms with Crippen LogP contribution in [0, 0.1) is 0 Å². The van der Waals surface area contributed by atoms with E-state index in [1.165, 1.54) is 11.8 Å². The third-order valence-electron chi connectivity index (χ3n) is 5.79. The molecule has 2 aromatic carbocycles. The van der Waals surface area contributed by atoms with Crippen LogP contribution in [0.3, 0.4) is 0 Å². The zero-order valence-electron chi connectivity index (χ0n) is 19.4. The third-order valence-corrected chi connectivity index (χ3v) is 5.79. The molecule has 1 aliphatic heterocycles. The number of likely N-dealkylation sites (N-methyl/N-ethyl adjacent to an activating group) is 1. The number of hydrogen-bond donors (Lipinski definition) is 3. The van der Waals surface area contributed by atoms with Crippen LogP contribution in [-0.4, -0.2) is 64.2 Å². The zero-order chi connectivity index (χ0) is 24.2. The number of H-pyrrole nitrogens is 1. The molecule has 1 saturated heterocycles. The van der Waals surface area contributed by atoms with E-state index in [0.29, 0.717) is 34.3 Å². The van der Waals surface area contributed by atoms with E-state index in [-0.39, 0.29) is 10.2 Å². The second-order valence-corrected chi connectivity index (χ2v) is 8.27. The first-order chi connectivity index (χ1) is 17.1. The quantitative estimate of drug-likeness (QED) is 0.334. The molecule has 3 N–H and O–H groups in total. The standard InChI is InChI=1S/C25H26N8O2.3H2/c1-3-22(34)27-17-6-10-20(11-7-17)35-24-21-16-26-31-23(21)29-25(30-24)28-18-4-8-19(9-5-18)33-14-12-32(2)13-15-33;;;/h3-11,16H,1,12-15H2,2H3,(H,27,34)(H2,26,28,29,30,31);3*1H. The van der Waals surface area contributed by atoms with Crippen molar-refractivity contribution >= 4 is 40.0 Å². The molecule has 1 amide bonds. The van der Waals surface area contributed by atoms with E-state index in [1.54, 1.807) is 30.5 Å². The number of fused-ring (bicyclic) bond motifs is 1. The molecule has 10 nitrogen and oxygen atoms in total. The number of carbonyl (C=O) groups is 1. The summed E-state index contributed by atoms with van der Waals surface area (Å²) in [4.78, 5) is 25.3. The molecule has 35 heavy (non-hydrogen) atoms. The highest BCUT2D eigenvalue weighted by atomic mass is 16.5. The van der Waals surface area contributed by atoms with Gasteiger partial charge in [-0.15, -0.1) is 0 Å². The fraction of sp³-hybridized carbons (Fsp3) is 0.200. The van der Waals surface area contributed by atoms with Crippen molar-refractivity contribution in [1.29, 1.82) is 0 Å². The Kier molecular flexibility index (Phi) is 6.27. The summed E-state index contributed by atoms with van der Waals surface area (Å²) in [6.45, 7) is 7.61. The Labute approximate surface area is 207 Å². The van der Waals surface area contributed by atoms with Gasteiger partial charge < -0.3 is 25.2 Å². The number of nitrogens with zero attached hydrogens (tertiary/aromatic N) is 5. The number of carbonyl (C=O) groups excluding carboxylic acids is 1. The lowest BCUT2D eigenvalue weighted by Crippen LogP contribution is -2.44. The van der Waals surface area contributed by atoms with Crippen molar-refractivity contribution in [3.05, 3.63) is 67.4 Å². The zero-order valence-corrected chi connectivity index (χ0v) is 19.4. The van der Waals surface area contributed by atoms with Crippen LogP contribution in [0.5, 0.6) is 11.6 Å². The first kappa shape index (κ1) is 22.4. The van der Waals surface area contributed by atoms with Crippen molar-refractivity contribution in [3.8, 4) is 11.6 Å².